The lowest BCUT2D eigenvalue weighted by molar-refractivity contribution is -0.137. The van der Waals surface area contributed by atoms with Crippen LogP contribution in [0.4, 0.5) is 18.0 Å². The molecule has 8 heteroatoms. The van der Waals surface area contributed by atoms with Crippen LogP contribution in [0.1, 0.15) is 44.9 Å². The first-order valence-electron chi connectivity index (χ1n) is 8.28. The minimum absolute atomic E-state index is 0.0679. The lowest BCUT2D eigenvalue weighted by Gasteiger charge is -2.56. The third-order valence-corrected chi connectivity index (χ3v) is 4.72. The molecule has 1 aromatic heterocycles. The van der Waals surface area contributed by atoms with Gasteiger partial charge in [0.1, 0.15) is 10.8 Å². The highest BCUT2D eigenvalue weighted by Crippen LogP contribution is 2.52. The number of pyridine rings is 1. The van der Waals surface area contributed by atoms with E-state index in [0.717, 1.165) is 24.5 Å². The number of rotatable bonds is 1. The Hall–Kier alpha value is -1.76. The van der Waals surface area contributed by atoms with E-state index in [1.165, 1.54) is 6.07 Å². The van der Waals surface area contributed by atoms with Crippen molar-refractivity contribution in [3.63, 3.8) is 0 Å². The Balaban J connectivity index is 1.56. The van der Waals surface area contributed by atoms with E-state index < -0.39 is 22.5 Å². The fourth-order valence-electron chi connectivity index (χ4n) is 3.41. The number of ether oxygens (including phenoxy) is 1. The third-order valence-electron chi connectivity index (χ3n) is 4.44. The first kappa shape index (κ1) is 19.0. The van der Waals surface area contributed by atoms with Crippen molar-refractivity contribution in [1.82, 2.24) is 9.88 Å². The van der Waals surface area contributed by atoms with E-state index in [9.17, 15) is 18.0 Å². The Labute approximate surface area is 155 Å². The molecule has 1 aliphatic heterocycles. The minimum Gasteiger partial charge on any atom is -0.444 e. The molecule has 1 spiro atoms. The number of nitrogens with zero attached hydrogens (tertiary/aromatic N) is 2. The molecular weight excluding hydrogens is 369 g/mol. The molecule has 1 saturated heterocycles. The minimum atomic E-state index is -4.51. The van der Waals surface area contributed by atoms with Crippen LogP contribution < -0.4 is 0 Å². The zero-order chi connectivity index (χ0) is 19.3. The summed E-state index contributed by atoms with van der Waals surface area (Å²) < 4.78 is 43.4. The highest BCUT2D eigenvalue weighted by molar-refractivity contribution is 6.30. The van der Waals surface area contributed by atoms with Gasteiger partial charge in [-0.1, -0.05) is 17.2 Å². The van der Waals surface area contributed by atoms with Crippen LogP contribution in [0.5, 0.6) is 0 Å². The fraction of sp³-hybridized carbons (Fsp3) is 0.556. The molecule has 2 fully saturated rings. The van der Waals surface area contributed by atoms with Crippen LogP contribution in [0.2, 0.25) is 5.15 Å². The SMILES string of the molecule is CC(C)(C)OC(=O)N1CC2(CC(=Cc3ccc(C(F)(F)F)c(Cl)n3)C2)C1. The number of hydrogen-bond acceptors (Lipinski definition) is 3. The summed E-state index contributed by atoms with van der Waals surface area (Å²) in [5.74, 6) is 0. The van der Waals surface area contributed by atoms with Gasteiger partial charge in [0.25, 0.3) is 0 Å². The number of amides is 1. The van der Waals surface area contributed by atoms with E-state index in [2.05, 4.69) is 4.98 Å². The van der Waals surface area contributed by atoms with Gasteiger partial charge in [0.2, 0.25) is 0 Å². The highest BCUT2D eigenvalue weighted by Gasteiger charge is 2.52. The maximum Gasteiger partial charge on any atom is 0.419 e. The van der Waals surface area contributed by atoms with Gasteiger partial charge >= 0.3 is 12.3 Å². The summed E-state index contributed by atoms with van der Waals surface area (Å²) in [6, 6.07) is 2.27. The second-order valence-corrected chi connectivity index (χ2v) is 8.42. The van der Waals surface area contributed by atoms with E-state index in [1.54, 1.807) is 11.0 Å². The number of likely N-dealkylation sites (tertiary alicyclic amines) is 1. The number of aromatic nitrogens is 1. The van der Waals surface area contributed by atoms with Gasteiger partial charge in [-0.25, -0.2) is 9.78 Å². The predicted molar refractivity (Wildman–Crippen MR) is 91.7 cm³/mol. The van der Waals surface area contributed by atoms with Crippen LogP contribution in [0.15, 0.2) is 17.7 Å². The van der Waals surface area contributed by atoms with Crippen LogP contribution in [-0.2, 0) is 10.9 Å². The van der Waals surface area contributed by atoms with Crippen molar-refractivity contribution in [3.05, 3.63) is 34.1 Å². The Morgan fingerprint density at radius 1 is 1.27 bits per heavy atom. The second kappa shape index (κ2) is 6.15. The third kappa shape index (κ3) is 3.98. The molecule has 2 heterocycles. The fourth-order valence-corrected chi connectivity index (χ4v) is 3.67. The topological polar surface area (TPSA) is 42.4 Å². The summed E-state index contributed by atoms with van der Waals surface area (Å²) in [5, 5.41) is -0.541. The maximum absolute atomic E-state index is 12.7. The van der Waals surface area contributed by atoms with Crippen molar-refractivity contribution in [2.45, 2.75) is 45.4 Å². The van der Waals surface area contributed by atoms with Gasteiger partial charge < -0.3 is 9.64 Å². The van der Waals surface area contributed by atoms with Gasteiger partial charge in [0, 0.05) is 18.5 Å². The van der Waals surface area contributed by atoms with Crippen LogP contribution >= 0.6 is 11.6 Å². The summed E-state index contributed by atoms with van der Waals surface area (Å²) in [6.07, 6.45) is -1.45. The van der Waals surface area contributed by atoms with E-state index in [4.69, 9.17) is 16.3 Å². The number of carbonyl (C=O) groups excluding carboxylic acids is 1. The smallest absolute Gasteiger partial charge is 0.419 e. The quantitative estimate of drug-likeness (QED) is 0.623. The van der Waals surface area contributed by atoms with Crippen LogP contribution in [0.3, 0.4) is 0 Å². The van der Waals surface area contributed by atoms with Gasteiger partial charge in [-0.15, -0.1) is 0 Å². The van der Waals surface area contributed by atoms with Crippen molar-refractivity contribution in [2.75, 3.05) is 13.1 Å². The number of carbonyl (C=O) groups is 1. The van der Waals surface area contributed by atoms with Crippen molar-refractivity contribution < 1.29 is 22.7 Å². The Bertz CT molecular complexity index is 753. The summed E-state index contributed by atoms with van der Waals surface area (Å²) in [5.41, 5.74) is 0.128. The van der Waals surface area contributed by atoms with Crippen LogP contribution in [0, 0.1) is 5.41 Å². The molecule has 3 rings (SSSR count). The molecule has 1 saturated carbocycles. The molecule has 4 nitrogen and oxygen atoms in total. The first-order valence-corrected chi connectivity index (χ1v) is 8.66. The predicted octanol–water partition coefficient (Wildman–Crippen LogP) is 5.17. The van der Waals surface area contributed by atoms with E-state index in [0.29, 0.717) is 18.8 Å². The molecule has 26 heavy (non-hydrogen) atoms. The number of hydrogen-bond donors (Lipinski definition) is 0. The monoisotopic (exact) mass is 388 g/mol. The molecule has 142 valence electrons. The molecule has 1 aliphatic carbocycles. The van der Waals surface area contributed by atoms with Crippen molar-refractivity contribution in [3.8, 4) is 0 Å². The van der Waals surface area contributed by atoms with E-state index in [-0.39, 0.29) is 11.5 Å². The van der Waals surface area contributed by atoms with Gasteiger partial charge in [0.15, 0.2) is 0 Å². The Morgan fingerprint density at radius 2 is 1.88 bits per heavy atom. The molecular formula is C18H20ClF3N2O2. The summed E-state index contributed by atoms with van der Waals surface area (Å²) in [4.78, 5) is 17.5. The van der Waals surface area contributed by atoms with Crippen molar-refractivity contribution >= 4 is 23.8 Å². The van der Waals surface area contributed by atoms with Gasteiger partial charge in [-0.05, 0) is 51.8 Å². The molecule has 0 atom stereocenters. The zero-order valence-corrected chi connectivity index (χ0v) is 15.5. The zero-order valence-electron chi connectivity index (χ0n) is 14.8. The van der Waals surface area contributed by atoms with Gasteiger partial charge in [-0.3, -0.25) is 0 Å². The molecule has 1 amide bonds. The average Bonchev–Trinajstić information content (AvgIpc) is 2.36. The highest BCUT2D eigenvalue weighted by atomic mass is 35.5. The number of halogens is 4. The average molecular weight is 389 g/mol. The Kier molecular flexibility index (Phi) is 4.50. The molecule has 0 aromatic carbocycles. The molecule has 0 N–H and O–H groups in total. The molecule has 1 aromatic rings. The maximum atomic E-state index is 12.7. The number of allylic oxidation sites excluding steroid dienone is 1. The van der Waals surface area contributed by atoms with Crippen molar-refractivity contribution in [2.24, 2.45) is 5.41 Å². The molecule has 2 aliphatic rings. The Morgan fingerprint density at radius 3 is 2.38 bits per heavy atom. The summed E-state index contributed by atoms with van der Waals surface area (Å²) in [6.45, 7) is 6.76. The number of alkyl halides is 3. The molecule has 0 radical (unpaired) electrons. The van der Waals surface area contributed by atoms with E-state index >= 15 is 0 Å². The summed E-state index contributed by atoms with van der Waals surface area (Å²) >= 11 is 5.64. The second-order valence-electron chi connectivity index (χ2n) is 8.06. The normalized spacial score (nSPS) is 19.0. The lowest BCUT2D eigenvalue weighted by Crippen LogP contribution is -2.62. The van der Waals surface area contributed by atoms with Crippen molar-refractivity contribution in [1.29, 1.82) is 0 Å². The van der Waals surface area contributed by atoms with Crippen LogP contribution in [-0.4, -0.2) is 34.7 Å². The molecule has 0 bridgehead atoms. The first-order chi connectivity index (χ1) is 11.9. The summed E-state index contributed by atoms with van der Waals surface area (Å²) in [7, 11) is 0. The molecule has 0 unspecified atom stereocenters. The van der Waals surface area contributed by atoms with E-state index in [1.807, 2.05) is 20.8 Å². The van der Waals surface area contributed by atoms with Crippen LogP contribution in [0.25, 0.3) is 6.08 Å². The van der Waals surface area contributed by atoms with Gasteiger partial charge in [0.05, 0.1) is 11.3 Å². The lowest BCUT2D eigenvalue weighted by atomic mass is 9.60. The largest absolute Gasteiger partial charge is 0.444 e. The standard InChI is InChI=1S/C18H20ClF3N2O2/c1-16(2,3)26-15(25)24-9-17(10-24)7-11(8-17)6-12-4-5-13(14(19)23-12)18(20,21)22/h4-6H,7-10H2,1-3H3. The van der Waals surface area contributed by atoms with Gasteiger partial charge in [-0.2, -0.15) is 13.2 Å².